The molecule has 1 atom stereocenters. The van der Waals surface area contributed by atoms with Crippen molar-refractivity contribution >= 4 is 30.7 Å². The molecule has 28 heavy (non-hydrogen) atoms. The molecule has 154 valence electrons. The summed E-state index contributed by atoms with van der Waals surface area (Å²) in [6, 6.07) is 9.56. The average molecular weight is 425 g/mol. The van der Waals surface area contributed by atoms with Crippen LogP contribution >= 0.6 is 24.8 Å². The maximum absolute atomic E-state index is 12.7. The number of likely N-dealkylation sites (tertiary alicyclic amines) is 1. The van der Waals surface area contributed by atoms with Gasteiger partial charge in [-0.15, -0.1) is 24.8 Å². The van der Waals surface area contributed by atoms with Gasteiger partial charge in [0, 0.05) is 37.9 Å². The van der Waals surface area contributed by atoms with E-state index in [1.165, 1.54) is 18.7 Å². The molecule has 2 N–H and O–H groups in total. The first kappa shape index (κ1) is 22.7. The number of halogens is 2. The number of rotatable bonds is 6. The zero-order valence-corrected chi connectivity index (χ0v) is 17.7. The number of imidazole rings is 1. The van der Waals surface area contributed by atoms with Crippen LogP contribution in [0.1, 0.15) is 43.0 Å². The number of nitrogens with zero attached hydrogens (tertiary/aromatic N) is 3. The fourth-order valence-electron chi connectivity index (χ4n) is 3.96. The summed E-state index contributed by atoms with van der Waals surface area (Å²) in [7, 11) is 0. The average Bonchev–Trinajstić information content (AvgIpc) is 3.37. The van der Waals surface area contributed by atoms with Crippen LogP contribution in [0.4, 0.5) is 0 Å². The third kappa shape index (κ3) is 5.49. The van der Waals surface area contributed by atoms with Crippen LogP contribution in [-0.4, -0.2) is 39.5 Å². The van der Waals surface area contributed by atoms with E-state index in [9.17, 15) is 4.79 Å². The molecule has 5 nitrogen and oxygen atoms in total. The fraction of sp³-hybridized carbons (Fsp3) is 0.524. The number of carbonyl (C=O) groups excluding carboxylic acids is 1. The molecule has 0 radical (unpaired) electrons. The van der Waals surface area contributed by atoms with Crippen LogP contribution in [0.3, 0.4) is 0 Å². The Morgan fingerprint density at radius 3 is 2.43 bits per heavy atom. The fourth-order valence-corrected chi connectivity index (χ4v) is 3.96. The monoisotopic (exact) mass is 424 g/mol. The molecule has 1 aliphatic carbocycles. The van der Waals surface area contributed by atoms with Crippen LogP contribution in [0, 0.1) is 5.92 Å². The van der Waals surface area contributed by atoms with Gasteiger partial charge in [-0.2, -0.15) is 0 Å². The second-order valence-corrected chi connectivity index (χ2v) is 7.78. The maximum atomic E-state index is 12.7. The maximum Gasteiger partial charge on any atom is 0.239 e. The van der Waals surface area contributed by atoms with E-state index in [0.717, 1.165) is 44.0 Å². The van der Waals surface area contributed by atoms with Gasteiger partial charge >= 0.3 is 0 Å². The van der Waals surface area contributed by atoms with Gasteiger partial charge < -0.3 is 15.2 Å². The molecular formula is C21H30Cl2N4O. The van der Waals surface area contributed by atoms with E-state index in [1.54, 1.807) is 0 Å². The molecule has 2 heterocycles. The number of benzene rings is 1. The van der Waals surface area contributed by atoms with E-state index in [-0.39, 0.29) is 30.7 Å². The van der Waals surface area contributed by atoms with E-state index in [1.807, 2.05) is 41.4 Å². The Labute approximate surface area is 179 Å². The smallest absolute Gasteiger partial charge is 0.239 e. The molecule has 0 unspecified atom stereocenters. The van der Waals surface area contributed by atoms with Crippen molar-refractivity contribution in [3.63, 3.8) is 0 Å². The molecule has 2 fully saturated rings. The second kappa shape index (κ2) is 10.3. The topological polar surface area (TPSA) is 64.2 Å². The van der Waals surface area contributed by atoms with Crippen molar-refractivity contribution in [3.8, 4) is 0 Å². The normalized spacial score (nSPS) is 18.1. The van der Waals surface area contributed by atoms with Crippen molar-refractivity contribution in [2.24, 2.45) is 11.7 Å². The van der Waals surface area contributed by atoms with Crippen LogP contribution < -0.4 is 5.73 Å². The second-order valence-electron chi connectivity index (χ2n) is 7.78. The van der Waals surface area contributed by atoms with Crippen LogP contribution in [0.2, 0.25) is 0 Å². The molecule has 1 aliphatic heterocycles. The van der Waals surface area contributed by atoms with E-state index < -0.39 is 6.04 Å². The summed E-state index contributed by atoms with van der Waals surface area (Å²) in [5.41, 5.74) is 7.30. The molecule has 1 aromatic carbocycles. The lowest BCUT2D eigenvalue weighted by molar-refractivity contribution is -0.133. The van der Waals surface area contributed by atoms with Crippen molar-refractivity contribution in [3.05, 3.63) is 54.1 Å². The number of piperidine rings is 1. The summed E-state index contributed by atoms with van der Waals surface area (Å²) in [6.45, 7) is 2.67. The summed E-state index contributed by atoms with van der Waals surface area (Å²) in [6.07, 6.45) is 9.29. The quantitative estimate of drug-likeness (QED) is 0.772. The van der Waals surface area contributed by atoms with Crippen LogP contribution in [0.25, 0.3) is 0 Å². The minimum Gasteiger partial charge on any atom is -0.341 e. The number of carbonyl (C=O) groups is 1. The molecule has 1 saturated carbocycles. The highest BCUT2D eigenvalue weighted by molar-refractivity contribution is 5.85. The van der Waals surface area contributed by atoms with E-state index in [4.69, 9.17) is 5.73 Å². The molecule has 0 spiro atoms. The van der Waals surface area contributed by atoms with Crippen LogP contribution in [-0.2, 0) is 17.8 Å². The molecule has 4 rings (SSSR count). The van der Waals surface area contributed by atoms with Gasteiger partial charge in [-0.25, -0.2) is 4.98 Å². The lowest BCUT2D eigenvalue weighted by Gasteiger charge is -2.33. The highest BCUT2D eigenvalue weighted by Gasteiger charge is 2.30. The first-order chi connectivity index (χ1) is 12.7. The lowest BCUT2D eigenvalue weighted by Crippen LogP contribution is -2.48. The largest absolute Gasteiger partial charge is 0.341 e. The minimum absolute atomic E-state index is 0. The molecule has 2 aliphatic rings. The van der Waals surface area contributed by atoms with Crippen molar-refractivity contribution in [1.29, 1.82) is 0 Å². The van der Waals surface area contributed by atoms with Crippen molar-refractivity contribution < 1.29 is 4.79 Å². The Kier molecular flexibility index (Phi) is 8.35. The molecule has 7 heteroatoms. The number of aromatic nitrogens is 2. The third-order valence-electron chi connectivity index (χ3n) is 5.69. The lowest BCUT2D eigenvalue weighted by atomic mass is 9.95. The van der Waals surface area contributed by atoms with Gasteiger partial charge in [0.15, 0.2) is 0 Å². The molecule has 2 aromatic rings. The van der Waals surface area contributed by atoms with Gasteiger partial charge in [0.25, 0.3) is 0 Å². The van der Waals surface area contributed by atoms with E-state index in [0.29, 0.717) is 12.3 Å². The summed E-state index contributed by atoms with van der Waals surface area (Å²) in [4.78, 5) is 19.3. The number of hydrogen-bond donors (Lipinski definition) is 1. The Hall–Kier alpha value is -1.56. The summed E-state index contributed by atoms with van der Waals surface area (Å²) >= 11 is 0. The van der Waals surface area contributed by atoms with Gasteiger partial charge in [0.1, 0.15) is 5.82 Å². The Morgan fingerprint density at radius 1 is 1.11 bits per heavy atom. The van der Waals surface area contributed by atoms with Gasteiger partial charge in [0.05, 0.1) is 6.04 Å². The van der Waals surface area contributed by atoms with Crippen LogP contribution in [0.15, 0.2) is 42.7 Å². The highest BCUT2D eigenvalue weighted by atomic mass is 35.5. The van der Waals surface area contributed by atoms with Gasteiger partial charge in [-0.05, 0) is 43.6 Å². The Bertz CT molecular complexity index is 740. The van der Waals surface area contributed by atoms with Crippen molar-refractivity contribution in [2.45, 2.75) is 50.6 Å². The first-order valence-electron chi connectivity index (χ1n) is 9.80. The molecule has 0 bridgehead atoms. The number of amides is 1. The van der Waals surface area contributed by atoms with Crippen molar-refractivity contribution in [2.75, 3.05) is 13.1 Å². The predicted octanol–water partition coefficient (Wildman–Crippen LogP) is 3.41. The van der Waals surface area contributed by atoms with E-state index in [2.05, 4.69) is 15.7 Å². The standard InChI is InChI=1S/C21H28N4O.2ClH/c22-19(14-16-4-2-1-3-5-16)21(26)24-11-8-18(9-12-24)20-23-10-13-25(20)15-17-6-7-17;;/h1-5,10,13,17-19H,6-9,11-12,14-15,22H2;2*1H/t19-;;/m1../s1. The third-order valence-corrected chi connectivity index (χ3v) is 5.69. The van der Waals surface area contributed by atoms with Crippen LogP contribution in [0.5, 0.6) is 0 Å². The zero-order chi connectivity index (χ0) is 17.9. The molecule has 1 aromatic heterocycles. The summed E-state index contributed by atoms with van der Waals surface area (Å²) in [5.74, 6) is 2.59. The molecular weight excluding hydrogens is 395 g/mol. The summed E-state index contributed by atoms with van der Waals surface area (Å²) < 4.78 is 2.33. The number of hydrogen-bond acceptors (Lipinski definition) is 3. The highest BCUT2D eigenvalue weighted by Crippen LogP contribution is 2.33. The Morgan fingerprint density at radius 2 is 1.79 bits per heavy atom. The summed E-state index contributed by atoms with van der Waals surface area (Å²) in [5, 5.41) is 0. The minimum atomic E-state index is -0.453. The van der Waals surface area contributed by atoms with Gasteiger partial charge in [0.2, 0.25) is 5.91 Å². The number of nitrogens with two attached hydrogens (primary N) is 1. The molecule has 1 amide bonds. The van der Waals surface area contributed by atoms with E-state index >= 15 is 0 Å². The SMILES string of the molecule is Cl.Cl.N[C@H](Cc1ccccc1)C(=O)N1CCC(c2nccn2CC2CC2)CC1. The first-order valence-corrected chi connectivity index (χ1v) is 9.80. The van der Waals surface area contributed by atoms with Gasteiger partial charge in [-0.1, -0.05) is 30.3 Å². The van der Waals surface area contributed by atoms with Crippen molar-refractivity contribution in [1.82, 2.24) is 14.5 Å². The zero-order valence-electron chi connectivity index (χ0n) is 16.1. The molecule has 1 saturated heterocycles. The Balaban J connectivity index is 0.00000140. The van der Waals surface area contributed by atoms with Gasteiger partial charge in [-0.3, -0.25) is 4.79 Å². The predicted molar refractivity (Wildman–Crippen MR) is 116 cm³/mol.